The SMILES string of the molecule is Cc1c(C#N)cccc1-c1nc2[nH]c(=O)ccc2cc1-c1cc(Cl)c2c(c1)CC(=O)N2. The number of hydrogen-bond donors (Lipinski definition) is 2. The number of amides is 1. The third-order valence-electron chi connectivity index (χ3n) is 5.52. The van der Waals surface area contributed by atoms with Gasteiger partial charge in [-0.2, -0.15) is 5.26 Å². The Bertz CT molecular complexity index is 1520. The minimum absolute atomic E-state index is 0.0962. The van der Waals surface area contributed by atoms with E-state index in [-0.39, 0.29) is 17.9 Å². The summed E-state index contributed by atoms with van der Waals surface area (Å²) in [5.41, 5.74) is 6.01. The van der Waals surface area contributed by atoms with Gasteiger partial charge in [-0.1, -0.05) is 23.7 Å². The molecule has 1 amide bonds. The Hall–Kier alpha value is -3.95. The van der Waals surface area contributed by atoms with Crippen molar-refractivity contribution in [1.82, 2.24) is 9.97 Å². The van der Waals surface area contributed by atoms with Gasteiger partial charge in [-0.25, -0.2) is 4.98 Å². The molecule has 0 radical (unpaired) electrons. The van der Waals surface area contributed by atoms with Gasteiger partial charge in [-0.05, 0) is 53.9 Å². The normalized spacial score (nSPS) is 12.5. The second-order valence-electron chi connectivity index (χ2n) is 7.45. The molecule has 0 saturated carbocycles. The molecular formula is C24H15ClN4O2. The molecule has 0 saturated heterocycles. The van der Waals surface area contributed by atoms with Crippen molar-refractivity contribution in [2.24, 2.45) is 0 Å². The molecule has 150 valence electrons. The highest BCUT2D eigenvalue weighted by Crippen LogP contribution is 2.40. The second-order valence-corrected chi connectivity index (χ2v) is 7.86. The van der Waals surface area contributed by atoms with Crippen molar-refractivity contribution in [1.29, 1.82) is 5.26 Å². The maximum Gasteiger partial charge on any atom is 0.249 e. The molecule has 0 spiro atoms. The van der Waals surface area contributed by atoms with Crippen LogP contribution in [-0.2, 0) is 11.2 Å². The van der Waals surface area contributed by atoms with E-state index < -0.39 is 0 Å². The number of rotatable bonds is 2. The lowest BCUT2D eigenvalue weighted by Crippen LogP contribution is -2.05. The summed E-state index contributed by atoms with van der Waals surface area (Å²) in [6, 6.07) is 16.5. The fourth-order valence-electron chi connectivity index (χ4n) is 3.97. The highest BCUT2D eigenvalue weighted by molar-refractivity contribution is 6.35. The number of anilines is 1. The Morgan fingerprint density at radius 3 is 2.74 bits per heavy atom. The molecule has 0 atom stereocenters. The van der Waals surface area contributed by atoms with Crippen molar-refractivity contribution in [3.8, 4) is 28.5 Å². The Morgan fingerprint density at radius 1 is 1.10 bits per heavy atom. The van der Waals surface area contributed by atoms with E-state index in [9.17, 15) is 14.9 Å². The van der Waals surface area contributed by atoms with Crippen molar-refractivity contribution in [2.75, 3.05) is 5.32 Å². The van der Waals surface area contributed by atoms with Gasteiger partial charge in [0.25, 0.3) is 0 Å². The third-order valence-corrected chi connectivity index (χ3v) is 5.81. The number of carbonyl (C=O) groups is 1. The van der Waals surface area contributed by atoms with E-state index in [1.165, 1.54) is 6.07 Å². The zero-order chi connectivity index (χ0) is 21.7. The van der Waals surface area contributed by atoms with Crippen LogP contribution in [0.3, 0.4) is 0 Å². The van der Waals surface area contributed by atoms with Crippen LogP contribution in [-0.4, -0.2) is 15.9 Å². The van der Waals surface area contributed by atoms with E-state index in [2.05, 4.69) is 16.4 Å². The van der Waals surface area contributed by atoms with Crippen LogP contribution in [0.1, 0.15) is 16.7 Å². The number of fused-ring (bicyclic) bond motifs is 2. The summed E-state index contributed by atoms with van der Waals surface area (Å²) < 4.78 is 0. The van der Waals surface area contributed by atoms with Crippen molar-refractivity contribution in [2.45, 2.75) is 13.3 Å². The Labute approximate surface area is 182 Å². The van der Waals surface area contributed by atoms with Gasteiger partial charge < -0.3 is 10.3 Å². The summed E-state index contributed by atoms with van der Waals surface area (Å²) in [7, 11) is 0. The van der Waals surface area contributed by atoms with Crippen LogP contribution in [0.15, 0.2) is 53.3 Å². The highest BCUT2D eigenvalue weighted by Gasteiger charge is 2.23. The number of nitrogens with one attached hydrogen (secondary N) is 2. The summed E-state index contributed by atoms with van der Waals surface area (Å²) >= 11 is 6.48. The average Bonchev–Trinajstić information content (AvgIpc) is 3.14. The molecule has 31 heavy (non-hydrogen) atoms. The first-order valence-electron chi connectivity index (χ1n) is 9.61. The van der Waals surface area contributed by atoms with Crippen LogP contribution in [0.2, 0.25) is 5.02 Å². The summed E-state index contributed by atoms with van der Waals surface area (Å²) in [6.45, 7) is 1.87. The topological polar surface area (TPSA) is 98.6 Å². The number of hydrogen-bond acceptors (Lipinski definition) is 4. The van der Waals surface area contributed by atoms with Gasteiger partial charge in [0.1, 0.15) is 5.65 Å². The quantitative estimate of drug-likeness (QED) is 0.490. The molecule has 6 nitrogen and oxygen atoms in total. The molecule has 2 N–H and O–H groups in total. The lowest BCUT2D eigenvalue weighted by molar-refractivity contribution is -0.115. The third kappa shape index (κ3) is 3.16. The minimum atomic E-state index is -0.244. The van der Waals surface area contributed by atoms with E-state index in [0.29, 0.717) is 27.6 Å². The predicted molar refractivity (Wildman–Crippen MR) is 120 cm³/mol. The van der Waals surface area contributed by atoms with Crippen LogP contribution in [0.4, 0.5) is 5.69 Å². The first-order chi connectivity index (χ1) is 14.9. The molecule has 0 unspecified atom stereocenters. The number of aromatic amines is 1. The van der Waals surface area contributed by atoms with Crippen LogP contribution in [0, 0.1) is 18.3 Å². The largest absolute Gasteiger partial charge is 0.324 e. The number of pyridine rings is 2. The standard InChI is InChI=1S/C24H15ClN4O2/c1-12-14(11-26)3-2-4-17(12)23-18(8-13-5-6-20(30)28-24(13)29-23)15-7-16-10-21(31)27-22(16)19(25)9-15/h2-9H,10H2,1H3,(H,27,31)(H,28,29,30). The van der Waals surface area contributed by atoms with Gasteiger partial charge in [-0.15, -0.1) is 0 Å². The van der Waals surface area contributed by atoms with Gasteiger partial charge in [0.05, 0.1) is 34.5 Å². The van der Waals surface area contributed by atoms with Gasteiger partial charge in [0.15, 0.2) is 0 Å². The molecule has 0 bridgehead atoms. The Balaban J connectivity index is 1.84. The maximum absolute atomic E-state index is 11.9. The Kier molecular flexibility index (Phi) is 4.35. The minimum Gasteiger partial charge on any atom is -0.324 e. The van der Waals surface area contributed by atoms with Gasteiger partial charge in [0, 0.05) is 22.6 Å². The molecule has 7 heteroatoms. The molecule has 1 aliphatic rings. The molecule has 1 aliphatic heterocycles. The van der Waals surface area contributed by atoms with Crippen LogP contribution in [0.5, 0.6) is 0 Å². The zero-order valence-corrected chi connectivity index (χ0v) is 17.2. The molecule has 3 heterocycles. The van der Waals surface area contributed by atoms with Gasteiger partial charge in [-0.3, -0.25) is 9.59 Å². The summed E-state index contributed by atoms with van der Waals surface area (Å²) in [4.78, 5) is 31.3. The fraction of sp³-hybridized carbons (Fsp3) is 0.0833. The summed E-state index contributed by atoms with van der Waals surface area (Å²) in [5.74, 6) is -0.0962. The van der Waals surface area contributed by atoms with Gasteiger partial charge in [0.2, 0.25) is 11.5 Å². The maximum atomic E-state index is 11.9. The monoisotopic (exact) mass is 426 g/mol. The number of halogens is 1. The van der Waals surface area contributed by atoms with E-state index >= 15 is 0 Å². The zero-order valence-electron chi connectivity index (χ0n) is 16.4. The average molecular weight is 427 g/mol. The van der Waals surface area contributed by atoms with Crippen molar-refractivity contribution >= 4 is 34.2 Å². The van der Waals surface area contributed by atoms with Crippen LogP contribution >= 0.6 is 11.6 Å². The molecule has 4 aromatic rings. The summed E-state index contributed by atoms with van der Waals surface area (Å²) in [5, 5.41) is 13.5. The molecule has 2 aromatic heterocycles. The van der Waals surface area contributed by atoms with E-state index in [1.54, 1.807) is 18.2 Å². The van der Waals surface area contributed by atoms with Crippen molar-refractivity contribution in [3.05, 3.63) is 80.6 Å². The second kappa shape index (κ2) is 7.08. The van der Waals surface area contributed by atoms with E-state index in [1.807, 2.05) is 31.2 Å². The van der Waals surface area contributed by atoms with E-state index in [0.717, 1.165) is 33.2 Å². The first kappa shape index (κ1) is 19.0. The van der Waals surface area contributed by atoms with Crippen LogP contribution < -0.4 is 10.9 Å². The fourth-order valence-corrected chi connectivity index (χ4v) is 4.26. The molecular weight excluding hydrogens is 412 g/mol. The van der Waals surface area contributed by atoms with Crippen LogP contribution in [0.25, 0.3) is 33.4 Å². The Morgan fingerprint density at radius 2 is 1.94 bits per heavy atom. The van der Waals surface area contributed by atoms with E-state index in [4.69, 9.17) is 16.6 Å². The highest BCUT2D eigenvalue weighted by atomic mass is 35.5. The number of nitrogens with zero attached hydrogens (tertiary/aromatic N) is 2. The number of carbonyl (C=O) groups excluding carboxylic acids is 1. The predicted octanol–water partition coefficient (Wildman–Crippen LogP) is 4.59. The van der Waals surface area contributed by atoms with Crippen molar-refractivity contribution in [3.63, 3.8) is 0 Å². The summed E-state index contributed by atoms with van der Waals surface area (Å²) in [6.07, 6.45) is 0.259. The number of benzene rings is 2. The number of aromatic nitrogens is 2. The molecule has 0 fully saturated rings. The molecule has 0 aliphatic carbocycles. The lowest BCUT2D eigenvalue weighted by Gasteiger charge is -2.15. The number of nitriles is 1. The lowest BCUT2D eigenvalue weighted by atomic mass is 9.93. The smallest absolute Gasteiger partial charge is 0.249 e. The molecule has 2 aromatic carbocycles. The van der Waals surface area contributed by atoms with Gasteiger partial charge >= 0.3 is 0 Å². The first-order valence-corrected chi connectivity index (χ1v) is 9.99. The number of H-pyrrole nitrogens is 1. The van der Waals surface area contributed by atoms with Crippen molar-refractivity contribution < 1.29 is 4.79 Å². The molecule has 5 rings (SSSR count).